The van der Waals surface area contributed by atoms with Gasteiger partial charge in [0, 0.05) is 11.9 Å². The van der Waals surface area contributed by atoms with Gasteiger partial charge in [0.05, 0.1) is 5.39 Å². The SMILES string of the molecule is O=c1nc(Nc2ccccc2)sc2ncccc12. The molecule has 0 saturated heterocycles. The molecule has 0 unspecified atom stereocenters. The van der Waals surface area contributed by atoms with Gasteiger partial charge in [-0.3, -0.25) is 4.79 Å². The molecule has 4 nitrogen and oxygen atoms in total. The van der Waals surface area contributed by atoms with E-state index in [1.165, 1.54) is 11.3 Å². The number of fused-ring (bicyclic) bond motifs is 1. The minimum absolute atomic E-state index is 0.254. The van der Waals surface area contributed by atoms with Crippen LogP contribution in [0, 0.1) is 0 Å². The number of hydrogen-bond donors (Lipinski definition) is 1. The van der Waals surface area contributed by atoms with E-state index in [1.807, 2.05) is 30.3 Å². The number of rotatable bonds is 2. The van der Waals surface area contributed by atoms with Gasteiger partial charge in [-0.15, -0.1) is 0 Å². The maximum absolute atomic E-state index is 11.8. The summed E-state index contributed by atoms with van der Waals surface area (Å²) in [5, 5.41) is 4.21. The molecule has 2 heterocycles. The standard InChI is InChI=1S/C13H9N3OS/c17-11-10-7-4-8-14-12(10)18-13(16-11)15-9-5-2-1-3-6-9/h1-8H,(H,15,16,17). The van der Waals surface area contributed by atoms with Crippen molar-refractivity contribution >= 4 is 32.4 Å². The van der Waals surface area contributed by atoms with E-state index in [1.54, 1.807) is 18.3 Å². The molecule has 5 heteroatoms. The first-order valence-corrected chi connectivity index (χ1v) is 6.22. The number of pyridine rings is 1. The molecular weight excluding hydrogens is 246 g/mol. The Hall–Kier alpha value is -2.27. The summed E-state index contributed by atoms with van der Waals surface area (Å²) in [7, 11) is 0. The largest absolute Gasteiger partial charge is 0.331 e. The van der Waals surface area contributed by atoms with Gasteiger partial charge in [0.15, 0.2) is 5.13 Å². The second-order valence-corrected chi connectivity index (χ2v) is 4.65. The number of aromatic nitrogens is 2. The molecule has 0 aliphatic carbocycles. The van der Waals surface area contributed by atoms with E-state index in [0.717, 1.165) is 5.69 Å². The van der Waals surface area contributed by atoms with Crippen LogP contribution in [0.1, 0.15) is 0 Å². The van der Waals surface area contributed by atoms with Gasteiger partial charge in [-0.05, 0) is 24.3 Å². The number of anilines is 2. The smallest absolute Gasteiger partial charge is 0.282 e. The highest BCUT2D eigenvalue weighted by atomic mass is 32.1. The van der Waals surface area contributed by atoms with Gasteiger partial charge in [0.1, 0.15) is 4.83 Å². The van der Waals surface area contributed by atoms with E-state index < -0.39 is 0 Å². The molecule has 0 bridgehead atoms. The molecule has 0 saturated carbocycles. The molecule has 18 heavy (non-hydrogen) atoms. The van der Waals surface area contributed by atoms with E-state index in [9.17, 15) is 4.79 Å². The Morgan fingerprint density at radius 3 is 2.72 bits per heavy atom. The first-order chi connectivity index (χ1) is 8.83. The second kappa shape index (κ2) is 4.54. The van der Waals surface area contributed by atoms with Gasteiger partial charge in [-0.25, -0.2) is 4.98 Å². The summed E-state index contributed by atoms with van der Waals surface area (Å²) in [6.45, 7) is 0. The van der Waals surface area contributed by atoms with Crippen LogP contribution in [0.5, 0.6) is 0 Å². The van der Waals surface area contributed by atoms with Crippen LogP contribution in [-0.2, 0) is 0 Å². The van der Waals surface area contributed by atoms with Crippen molar-refractivity contribution in [2.24, 2.45) is 0 Å². The van der Waals surface area contributed by atoms with Gasteiger partial charge in [0.25, 0.3) is 5.56 Å². The van der Waals surface area contributed by atoms with Crippen molar-refractivity contribution < 1.29 is 0 Å². The monoisotopic (exact) mass is 255 g/mol. The lowest BCUT2D eigenvalue weighted by Gasteiger charge is -2.04. The van der Waals surface area contributed by atoms with Crippen molar-refractivity contribution in [3.63, 3.8) is 0 Å². The molecule has 0 amide bonds. The molecule has 3 rings (SSSR count). The summed E-state index contributed by atoms with van der Waals surface area (Å²) in [4.78, 5) is 20.7. The summed E-state index contributed by atoms with van der Waals surface area (Å²) in [6.07, 6.45) is 1.67. The number of hydrogen-bond acceptors (Lipinski definition) is 5. The van der Waals surface area contributed by atoms with Crippen molar-refractivity contribution in [1.29, 1.82) is 0 Å². The Balaban J connectivity index is 2.06. The molecule has 0 aliphatic heterocycles. The Kier molecular flexibility index (Phi) is 2.74. The molecule has 0 radical (unpaired) electrons. The molecule has 88 valence electrons. The minimum atomic E-state index is -0.254. The van der Waals surface area contributed by atoms with Crippen molar-refractivity contribution in [2.75, 3.05) is 5.32 Å². The summed E-state index contributed by atoms with van der Waals surface area (Å²) < 4.78 is 0. The third-order valence-corrected chi connectivity index (χ3v) is 3.33. The molecule has 1 aromatic carbocycles. The molecule has 0 spiro atoms. The zero-order valence-corrected chi connectivity index (χ0v) is 10.1. The summed E-state index contributed by atoms with van der Waals surface area (Å²) >= 11 is 1.36. The van der Waals surface area contributed by atoms with E-state index in [2.05, 4.69) is 15.3 Å². The topological polar surface area (TPSA) is 54.9 Å². The lowest BCUT2D eigenvalue weighted by atomic mass is 10.3. The Morgan fingerprint density at radius 1 is 1.06 bits per heavy atom. The fourth-order valence-corrected chi connectivity index (χ4v) is 2.46. The average Bonchev–Trinajstić information content (AvgIpc) is 2.40. The lowest BCUT2D eigenvalue weighted by molar-refractivity contribution is 1.29. The normalized spacial score (nSPS) is 10.4. The van der Waals surface area contributed by atoms with Crippen LogP contribution < -0.4 is 10.9 Å². The highest BCUT2D eigenvalue weighted by molar-refractivity contribution is 7.21. The van der Waals surface area contributed by atoms with Gasteiger partial charge in [-0.2, -0.15) is 4.98 Å². The number of nitrogens with one attached hydrogen (secondary N) is 1. The zero-order valence-electron chi connectivity index (χ0n) is 9.33. The zero-order chi connectivity index (χ0) is 12.4. The van der Waals surface area contributed by atoms with Crippen LogP contribution in [0.2, 0.25) is 0 Å². The van der Waals surface area contributed by atoms with Crippen LogP contribution >= 0.6 is 11.3 Å². The van der Waals surface area contributed by atoms with Gasteiger partial charge in [-0.1, -0.05) is 29.5 Å². The van der Waals surface area contributed by atoms with Crippen molar-refractivity contribution in [3.05, 3.63) is 59.0 Å². The van der Waals surface area contributed by atoms with E-state index in [-0.39, 0.29) is 5.56 Å². The molecule has 3 aromatic rings. The van der Waals surface area contributed by atoms with Crippen LogP contribution in [-0.4, -0.2) is 9.97 Å². The fourth-order valence-electron chi connectivity index (χ4n) is 1.60. The van der Waals surface area contributed by atoms with Gasteiger partial charge >= 0.3 is 0 Å². The summed E-state index contributed by atoms with van der Waals surface area (Å²) in [5.41, 5.74) is 0.645. The van der Waals surface area contributed by atoms with Crippen LogP contribution in [0.3, 0.4) is 0 Å². The van der Waals surface area contributed by atoms with E-state index in [0.29, 0.717) is 15.3 Å². The summed E-state index contributed by atoms with van der Waals surface area (Å²) in [5.74, 6) is 0. The fraction of sp³-hybridized carbons (Fsp3) is 0. The first kappa shape index (κ1) is 10.9. The maximum atomic E-state index is 11.8. The lowest BCUT2D eigenvalue weighted by Crippen LogP contribution is -2.07. The number of nitrogens with zero attached hydrogens (tertiary/aromatic N) is 2. The third-order valence-electron chi connectivity index (χ3n) is 2.42. The van der Waals surface area contributed by atoms with Crippen LogP contribution in [0.25, 0.3) is 10.2 Å². The predicted octanol–water partition coefficient (Wildman–Crippen LogP) is 2.80. The van der Waals surface area contributed by atoms with Crippen molar-refractivity contribution in [1.82, 2.24) is 9.97 Å². The average molecular weight is 255 g/mol. The van der Waals surface area contributed by atoms with Crippen molar-refractivity contribution in [2.45, 2.75) is 0 Å². The van der Waals surface area contributed by atoms with E-state index in [4.69, 9.17) is 0 Å². The van der Waals surface area contributed by atoms with Gasteiger partial charge in [0.2, 0.25) is 0 Å². The molecule has 0 fully saturated rings. The quantitative estimate of drug-likeness (QED) is 0.765. The van der Waals surface area contributed by atoms with Gasteiger partial charge < -0.3 is 5.32 Å². The number of benzene rings is 1. The first-order valence-electron chi connectivity index (χ1n) is 5.41. The minimum Gasteiger partial charge on any atom is -0.331 e. The molecular formula is C13H9N3OS. The second-order valence-electron chi connectivity index (χ2n) is 3.67. The summed E-state index contributed by atoms with van der Waals surface area (Å²) in [6, 6.07) is 13.1. The Labute approximate surface area is 107 Å². The predicted molar refractivity (Wildman–Crippen MR) is 73.4 cm³/mol. The van der Waals surface area contributed by atoms with Crippen LogP contribution in [0.4, 0.5) is 10.8 Å². The van der Waals surface area contributed by atoms with Crippen LogP contribution in [0.15, 0.2) is 53.5 Å². The Morgan fingerprint density at radius 2 is 1.89 bits per heavy atom. The molecule has 0 aliphatic rings. The maximum Gasteiger partial charge on any atom is 0.282 e. The molecule has 2 aromatic heterocycles. The van der Waals surface area contributed by atoms with E-state index >= 15 is 0 Å². The third kappa shape index (κ3) is 2.08. The highest BCUT2D eigenvalue weighted by Crippen LogP contribution is 2.21. The van der Waals surface area contributed by atoms with Crippen molar-refractivity contribution in [3.8, 4) is 0 Å². The highest BCUT2D eigenvalue weighted by Gasteiger charge is 2.04. The Bertz CT molecular complexity index is 740. The molecule has 1 N–H and O–H groups in total. The number of para-hydroxylation sites is 1. The molecule has 0 atom stereocenters.